The van der Waals surface area contributed by atoms with Gasteiger partial charge in [0.15, 0.2) is 0 Å². The minimum atomic E-state index is 0.146. The first-order valence-corrected chi connectivity index (χ1v) is 7.59. The zero-order chi connectivity index (χ0) is 14.9. The molecular formula is C18H18N2O2. The van der Waals surface area contributed by atoms with Crippen LogP contribution in [-0.2, 0) is 11.4 Å². The molecule has 22 heavy (non-hydrogen) atoms. The van der Waals surface area contributed by atoms with E-state index in [1.807, 2.05) is 18.2 Å². The van der Waals surface area contributed by atoms with Crippen LogP contribution in [0.1, 0.15) is 11.1 Å². The second-order valence-electron chi connectivity index (χ2n) is 5.95. The zero-order valence-corrected chi connectivity index (χ0v) is 12.2. The largest absolute Gasteiger partial charge is 0.508 e. The van der Waals surface area contributed by atoms with Crippen molar-refractivity contribution in [3.05, 3.63) is 65.7 Å². The minimum absolute atomic E-state index is 0.146. The molecule has 4 heteroatoms. The lowest BCUT2D eigenvalue weighted by atomic mass is 9.95. The normalized spacial score (nSPS) is 23.9. The molecule has 1 fully saturated rings. The van der Waals surface area contributed by atoms with Gasteiger partial charge in [-0.3, -0.25) is 4.90 Å². The Kier molecular flexibility index (Phi) is 3.31. The topological polar surface area (TPSA) is 45.1 Å². The van der Waals surface area contributed by atoms with Crippen LogP contribution >= 0.6 is 0 Å². The summed E-state index contributed by atoms with van der Waals surface area (Å²) in [6, 6.07) is 17.7. The summed E-state index contributed by atoms with van der Waals surface area (Å²) in [4.78, 5) is 8.04. The lowest BCUT2D eigenvalue weighted by Crippen LogP contribution is -2.23. The molecule has 2 heterocycles. The van der Waals surface area contributed by atoms with Crippen molar-refractivity contribution >= 4 is 5.71 Å². The number of phenolic OH excluding ortho intramolecular Hbond substituents is 1. The van der Waals surface area contributed by atoms with Crippen LogP contribution in [0.15, 0.2) is 59.8 Å². The van der Waals surface area contributed by atoms with Gasteiger partial charge in [0.1, 0.15) is 11.9 Å². The summed E-state index contributed by atoms with van der Waals surface area (Å²) in [5.74, 6) is 0.588. The van der Waals surface area contributed by atoms with E-state index in [0.717, 1.165) is 30.9 Å². The maximum atomic E-state index is 9.41. The fraction of sp³-hybridized carbons (Fsp3) is 0.278. The molecule has 2 aliphatic rings. The predicted molar refractivity (Wildman–Crippen MR) is 84.7 cm³/mol. The van der Waals surface area contributed by atoms with Gasteiger partial charge < -0.3 is 9.94 Å². The number of benzene rings is 2. The Hall–Kier alpha value is -2.33. The summed E-state index contributed by atoms with van der Waals surface area (Å²) >= 11 is 0. The van der Waals surface area contributed by atoms with Crippen molar-refractivity contribution in [2.75, 3.05) is 13.1 Å². The first-order chi connectivity index (χ1) is 10.8. The molecule has 112 valence electrons. The van der Waals surface area contributed by atoms with Crippen molar-refractivity contribution in [2.24, 2.45) is 11.1 Å². The van der Waals surface area contributed by atoms with Crippen LogP contribution in [0.25, 0.3) is 0 Å². The third kappa shape index (κ3) is 2.46. The minimum Gasteiger partial charge on any atom is -0.508 e. The number of likely N-dealkylation sites (tertiary alicyclic amines) is 1. The van der Waals surface area contributed by atoms with E-state index in [-0.39, 0.29) is 11.9 Å². The highest BCUT2D eigenvalue weighted by atomic mass is 16.6. The number of hydrogen-bond donors (Lipinski definition) is 1. The summed E-state index contributed by atoms with van der Waals surface area (Å²) in [5, 5.41) is 13.7. The van der Waals surface area contributed by atoms with Gasteiger partial charge in [-0.15, -0.1) is 0 Å². The molecule has 0 bridgehead atoms. The smallest absolute Gasteiger partial charge is 0.149 e. The average Bonchev–Trinajstić information content (AvgIpc) is 3.09. The van der Waals surface area contributed by atoms with Crippen LogP contribution in [0.5, 0.6) is 5.75 Å². The number of phenols is 1. The molecule has 0 spiro atoms. The van der Waals surface area contributed by atoms with Crippen molar-refractivity contribution in [2.45, 2.75) is 12.6 Å². The predicted octanol–water partition coefficient (Wildman–Crippen LogP) is 2.63. The maximum Gasteiger partial charge on any atom is 0.149 e. The molecule has 0 amide bonds. The van der Waals surface area contributed by atoms with Crippen LogP contribution in [0, 0.1) is 5.92 Å². The lowest BCUT2D eigenvalue weighted by Gasteiger charge is -2.16. The number of nitrogens with zero attached hydrogens (tertiary/aromatic N) is 2. The Morgan fingerprint density at radius 1 is 1.05 bits per heavy atom. The van der Waals surface area contributed by atoms with Crippen molar-refractivity contribution < 1.29 is 9.94 Å². The van der Waals surface area contributed by atoms with Gasteiger partial charge in [0.25, 0.3) is 0 Å². The molecular weight excluding hydrogens is 276 g/mol. The van der Waals surface area contributed by atoms with Gasteiger partial charge in [0.2, 0.25) is 0 Å². The van der Waals surface area contributed by atoms with Gasteiger partial charge in [-0.2, -0.15) is 0 Å². The van der Waals surface area contributed by atoms with Crippen molar-refractivity contribution in [3.63, 3.8) is 0 Å². The van der Waals surface area contributed by atoms with Crippen LogP contribution in [-0.4, -0.2) is 34.9 Å². The number of fused-ring (bicyclic) bond motifs is 1. The molecule has 0 aromatic heterocycles. The van der Waals surface area contributed by atoms with Gasteiger partial charge in [-0.05, 0) is 29.8 Å². The van der Waals surface area contributed by atoms with Crippen LogP contribution in [0.4, 0.5) is 0 Å². The van der Waals surface area contributed by atoms with E-state index in [1.165, 1.54) is 5.56 Å². The highest BCUT2D eigenvalue weighted by Gasteiger charge is 2.42. The highest BCUT2D eigenvalue weighted by molar-refractivity contribution is 6.03. The van der Waals surface area contributed by atoms with Crippen LogP contribution in [0.3, 0.4) is 0 Å². The van der Waals surface area contributed by atoms with Gasteiger partial charge >= 0.3 is 0 Å². The number of rotatable bonds is 3. The Labute approximate surface area is 129 Å². The molecule has 1 N–H and O–H groups in total. The van der Waals surface area contributed by atoms with Crippen LogP contribution < -0.4 is 0 Å². The van der Waals surface area contributed by atoms with Crippen molar-refractivity contribution in [1.29, 1.82) is 0 Å². The van der Waals surface area contributed by atoms with E-state index < -0.39 is 0 Å². The standard InChI is InChI=1S/C18H18N2O2/c21-15-8-6-14(7-9-15)18-16-11-20(12-17(16)22-19-18)10-13-4-2-1-3-5-13/h1-9,16-17,21H,10-12H2. The Morgan fingerprint density at radius 3 is 2.59 bits per heavy atom. The number of hydrogen-bond acceptors (Lipinski definition) is 4. The molecule has 4 rings (SSSR count). The van der Waals surface area contributed by atoms with Crippen molar-refractivity contribution in [1.82, 2.24) is 4.90 Å². The Morgan fingerprint density at radius 2 is 1.82 bits per heavy atom. The summed E-state index contributed by atoms with van der Waals surface area (Å²) in [6.07, 6.45) is 0.146. The van der Waals surface area contributed by atoms with E-state index in [2.05, 4.69) is 34.3 Å². The Balaban J connectivity index is 1.48. The second-order valence-corrected chi connectivity index (χ2v) is 5.95. The molecule has 2 aromatic rings. The molecule has 0 aliphatic carbocycles. The van der Waals surface area contributed by atoms with Gasteiger partial charge in [0, 0.05) is 25.2 Å². The first-order valence-electron chi connectivity index (χ1n) is 7.59. The van der Waals surface area contributed by atoms with Gasteiger partial charge in [0.05, 0.1) is 11.6 Å². The first kappa shape index (κ1) is 13.3. The number of oxime groups is 1. The summed E-state index contributed by atoms with van der Waals surface area (Å²) in [6.45, 7) is 2.81. The molecule has 2 aromatic carbocycles. The monoisotopic (exact) mass is 294 g/mol. The summed E-state index contributed by atoms with van der Waals surface area (Å²) < 4.78 is 0. The van der Waals surface area contributed by atoms with E-state index in [0.29, 0.717) is 5.92 Å². The van der Waals surface area contributed by atoms with E-state index >= 15 is 0 Å². The van der Waals surface area contributed by atoms with E-state index in [9.17, 15) is 5.11 Å². The molecule has 4 nitrogen and oxygen atoms in total. The van der Waals surface area contributed by atoms with Crippen molar-refractivity contribution in [3.8, 4) is 5.75 Å². The third-order valence-corrected chi connectivity index (χ3v) is 4.39. The average molecular weight is 294 g/mol. The SMILES string of the molecule is Oc1ccc(C2=NOC3CN(Cc4ccccc4)CC23)cc1. The Bertz CT molecular complexity index is 682. The van der Waals surface area contributed by atoms with Gasteiger partial charge in [-0.1, -0.05) is 35.5 Å². The van der Waals surface area contributed by atoms with E-state index in [1.54, 1.807) is 12.1 Å². The summed E-state index contributed by atoms with van der Waals surface area (Å²) in [5.41, 5.74) is 3.36. The third-order valence-electron chi connectivity index (χ3n) is 4.39. The molecule has 0 saturated carbocycles. The van der Waals surface area contributed by atoms with E-state index in [4.69, 9.17) is 4.84 Å². The zero-order valence-electron chi connectivity index (χ0n) is 12.2. The lowest BCUT2D eigenvalue weighted by molar-refractivity contribution is 0.0745. The molecule has 2 aliphatic heterocycles. The molecule has 1 saturated heterocycles. The molecule has 0 radical (unpaired) electrons. The molecule has 2 atom stereocenters. The fourth-order valence-electron chi connectivity index (χ4n) is 3.28. The fourth-order valence-corrected chi connectivity index (χ4v) is 3.28. The summed E-state index contributed by atoms with van der Waals surface area (Å²) in [7, 11) is 0. The number of aromatic hydroxyl groups is 1. The molecule has 2 unspecified atom stereocenters. The quantitative estimate of drug-likeness (QED) is 0.946. The maximum absolute atomic E-state index is 9.41. The van der Waals surface area contributed by atoms with Crippen LogP contribution in [0.2, 0.25) is 0 Å². The highest BCUT2D eigenvalue weighted by Crippen LogP contribution is 2.31. The van der Waals surface area contributed by atoms with Gasteiger partial charge in [-0.25, -0.2) is 0 Å². The second kappa shape index (κ2) is 5.46.